The van der Waals surface area contributed by atoms with Gasteiger partial charge in [0.15, 0.2) is 0 Å². The van der Waals surface area contributed by atoms with Crippen molar-refractivity contribution in [2.24, 2.45) is 0 Å². The van der Waals surface area contributed by atoms with Gasteiger partial charge in [-0.25, -0.2) is 0 Å². The molecule has 0 radical (unpaired) electrons. The highest BCUT2D eigenvalue weighted by Gasteiger charge is 2.21. The minimum Gasteiger partial charge on any atom is -0.491 e. The third kappa shape index (κ3) is 3.37. The highest BCUT2D eigenvalue weighted by atomic mass is 16.5. The van der Waals surface area contributed by atoms with Gasteiger partial charge in [0.25, 0.3) is 0 Å². The summed E-state index contributed by atoms with van der Waals surface area (Å²) in [5.74, 6) is 0.424. The summed E-state index contributed by atoms with van der Waals surface area (Å²) in [6.45, 7) is 0.305. The second kappa shape index (κ2) is 5.57. The molecule has 1 fully saturated rings. The maximum absolute atomic E-state index is 11.4. The molecule has 1 aliphatic carbocycles. The Balaban J connectivity index is 1.68. The molecular formula is C13H17NO3. The smallest absolute Gasteiger partial charge is 0.309 e. The van der Waals surface area contributed by atoms with E-state index in [0.29, 0.717) is 18.0 Å². The van der Waals surface area contributed by atoms with Crippen LogP contribution in [0.4, 0.5) is 5.69 Å². The predicted molar refractivity (Wildman–Crippen MR) is 64.7 cm³/mol. The van der Waals surface area contributed by atoms with Crippen molar-refractivity contribution < 1.29 is 14.3 Å². The average molecular weight is 235 g/mol. The van der Waals surface area contributed by atoms with E-state index in [1.165, 1.54) is 0 Å². The second-order valence-electron chi connectivity index (χ2n) is 4.18. The molecule has 0 heterocycles. The van der Waals surface area contributed by atoms with Gasteiger partial charge in [0.05, 0.1) is 18.7 Å². The molecule has 17 heavy (non-hydrogen) atoms. The van der Waals surface area contributed by atoms with Gasteiger partial charge in [-0.2, -0.15) is 0 Å². The fourth-order valence-electron chi connectivity index (χ4n) is 1.59. The van der Waals surface area contributed by atoms with Gasteiger partial charge in [-0.15, -0.1) is 0 Å². The number of hydrogen-bond donors (Lipinski definition) is 1. The number of nitrogens with two attached hydrogens (primary N) is 1. The number of ether oxygens (including phenoxy) is 2. The summed E-state index contributed by atoms with van der Waals surface area (Å²) in [4.78, 5) is 11.4. The molecule has 1 aromatic carbocycles. The molecule has 0 bridgehead atoms. The molecule has 0 saturated heterocycles. The molecule has 1 aliphatic rings. The van der Waals surface area contributed by atoms with E-state index in [9.17, 15) is 4.79 Å². The Kier molecular flexibility index (Phi) is 3.85. The molecule has 0 atom stereocenters. The van der Waals surface area contributed by atoms with Crippen molar-refractivity contribution in [1.82, 2.24) is 0 Å². The third-order valence-electron chi connectivity index (χ3n) is 2.83. The molecule has 92 valence electrons. The van der Waals surface area contributed by atoms with E-state index in [0.717, 1.165) is 19.3 Å². The Bertz CT molecular complexity index is 388. The van der Waals surface area contributed by atoms with Crippen molar-refractivity contribution in [1.29, 1.82) is 0 Å². The van der Waals surface area contributed by atoms with Gasteiger partial charge >= 0.3 is 5.97 Å². The predicted octanol–water partition coefficient (Wildman–Crippen LogP) is 2.13. The molecule has 4 heteroatoms. The fraction of sp³-hybridized carbons (Fsp3) is 0.462. The standard InChI is InChI=1S/C13H17NO3/c14-11-6-1-2-7-12(11)16-9-8-13(15)17-10-4-3-5-10/h1-2,6-7,10H,3-5,8-9,14H2. The summed E-state index contributed by atoms with van der Waals surface area (Å²) in [5.41, 5.74) is 6.29. The molecule has 0 aliphatic heterocycles. The van der Waals surface area contributed by atoms with E-state index in [2.05, 4.69) is 0 Å². The van der Waals surface area contributed by atoms with Gasteiger partial charge < -0.3 is 15.2 Å². The van der Waals surface area contributed by atoms with Gasteiger partial charge in [-0.1, -0.05) is 12.1 Å². The SMILES string of the molecule is Nc1ccccc1OCCC(=O)OC1CCC1. The number of anilines is 1. The Morgan fingerprint density at radius 2 is 2.12 bits per heavy atom. The van der Waals surface area contributed by atoms with Gasteiger partial charge in [-0.3, -0.25) is 4.79 Å². The Labute approximate surface area is 101 Å². The van der Waals surface area contributed by atoms with Crippen LogP contribution in [-0.2, 0) is 9.53 Å². The molecule has 1 aromatic rings. The van der Waals surface area contributed by atoms with Gasteiger partial charge in [-0.05, 0) is 31.4 Å². The second-order valence-corrected chi connectivity index (χ2v) is 4.18. The van der Waals surface area contributed by atoms with E-state index in [4.69, 9.17) is 15.2 Å². The Morgan fingerprint density at radius 3 is 2.76 bits per heavy atom. The zero-order valence-corrected chi connectivity index (χ0v) is 9.72. The first kappa shape index (κ1) is 11.8. The van der Waals surface area contributed by atoms with Crippen LogP contribution in [0.3, 0.4) is 0 Å². The summed E-state index contributed by atoms with van der Waals surface area (Å²) >= 11 is 0. The number of hydrogen-bond acceptors (Lipinski definition) is 4. The molecule has 0 amide bonds. The van der Waals surface area contributed by atoms with Crippen molar-refractivity contribution in [3.8, 4) is 5.75 Å². The third-order valence-corrected chi connectivity index (χ3v) is 2.83. The molecule has 4 nitrogen and oxygen atoms in total. The van der Waals surface area contributed by atoms with Gasteiger partial charge in [0, 0.05) is 0 Å². The van der Waals surface area contributed by atoms with Crippen molar-refractivity contribution in [2.75, 3.05) is 12.3 Å². The zero-order chi connectivity index (χ0) is 12.1. The highest BCUT2D eigenvalue weighted by Crippen LogP contribution is 2.23. The fourth-order valence-corrected chi connectivity index (χ4v) is 1.59. The summed E-state index contributed by atoms with van der Waals surface area (Å²) in [6, 6.07) is 7.24. The lowest BCUT2D eigenvalue weighted by Gasteiger charge is -2.25. The molecule has 0 unspecified atom stereocenters. The first-order valence-corrected chi connectivity index (χ1v) is 5.92. The minimum absolute atomic E-state index is 0.143. The summed E-state index contributed by atoms with van der Waals surface area (Å²) in [6.07, 6.45) is 3.57. The number of esters is 1. The zero-order valence-electron chi connectivity index (χ0n) is 9.72. The maximum Gasteiger partial charge on any atom is 0.309 e. The molecule has 2 N–H and O–H groups in total. The van der Waals surface area contributed by atoms with Gasteiger partial charge in [0.2, 0.25) is 0 Å². The number of rotatable bonds is 5. The number of benzene rings is 1. The lowest BCUT2D eigenvalue weighted by molar-refractivity contribution is -0.153. The van der Waals surface area contributed by atoms with Gasteiger partial charge in [0.1, 0.15) is 11.9 Å². The van der Waals surface area contributed by atoms with Crippen LogP contribution in [0.25, 0.3) is 0 Å². The lowest BCUT2D eigenvalue weighted by Crippen LogP contribution is -2.25. The molecule has 0 aromatic heterocycles. The van der Waals surface area contributed by atoms with E-state index in [1.54, 1.807) is 12.1 Å². The average Bonchev–Trinajstić information content (AvgIpc) is 2.26. The van der Waals surface area contributed by atoms with Crippen molar-refractivity contribution >= 4 is 11.7 Å². The van der Waals surface area contributed by atoms with Crippen LogP contribution >= 0.6 is 0 Å². The summed E-state index contributed by atoms with van der Waals surface area (Å²) in [5, 5.41) is 0. The van der Waals surface area contributed by atoms with Crippen LogP contribution in [0.1, 0.15) is 25.7 Å². The first-order valence-electron chi connectivity index (χ1n) is 5.92. The van der Waals surface area contributed by atoms with Crippen molar-refractivity contribution in [2.45, 2.75) is 31.8 Å². The normalized spacial score (nSPS) is 15.1. The highest BCUT2D eigenvalue weighted by molar-refractivity contribution is 5.69. The lowest BCUT2D eigenvalue weighted by atomic mass is 9.96. The van der Waals surface area contributed by atoms with E-state index in [1.807, 2.05) is 12.1 Å². The van der Waals surface area contributed by atoms with Crippen LogP contribution < -0.4 is 10.5 Å². The molecular weight excluding hydrogens is 218 g/mol. The van der Waals surface area contributed by atoms with Crippen LogP contribution in [0, 0.1) is 0 Å². The number of carbonyl (C=O) groups is 1. The largest absolute Gasteiger partial charge is 0.491 e. The minimum atomic E-state index is -0.191. The van der Waals surface area contributed by atoms with E-state index >= 15 is 0 Å². The van der Waals surface area contributed by atoms with Crippen molar-refractivity contribution in [3.05, 3.63) is 24.3 Å². The Morgan fingerprint density at radius 1 is 1.35 bits per heavy atom. The number of carbonyl (C=O) groups excluding carboxylic acids is 1. The number of nitrogen functional groups attached to an aromatic ring is 1. The molecule has 2 rings (SSSR count). The maximum atomic E-state index is 11.4. The molecule has 0 spiro atoms. The van der Waals surface area contributed by atoms with Crippen molar-refractivity contribution in [3.63, 3.8) is 0 Å². The quantitative estimate of drug-likeness (QED) is 0.627. The Hall–Kier alpha value is -1.71. The van der Waals surface area contributed by atoms with Crippen LogP contribution in [0.15, 0.2) is 24.3 Å². The summed E-state index contributed by atoms with van der Waals surface area (Å²) in [7, 11) is 0. The monoisotopic (exact) mass is 235 g/mol. The first-order chi connectivity index (χ1) is 8.25. The van der Waals surface area contributed by atoms with E-state index < -0.39 is 0 Å². The van der Waals surface area contributed by atoms with Crippen LogP contribution in [0.2, 0.25) is 0 Å². The summed E-state index contributed by atoms with van der Waals surface area (Å²) < 4.78 is 10.6. The number of para-hydroxylation sites is 2. The van der Waals surface area contributed by atoms with Crippen LogP contribution in [0.5, 0.6) is 5.75 Å². The van der Waals surface area contributed by atoms with Crippen LogP contribution in [-0.4, -0.2) is 18.7 Å². The van der Waals surface area contributed by atoms with E-state index in [-0.39, 0.29) is 18.5 Å². The topological polar surface area (TPSA) is 61.5 Å². The molecule has 1 saturated carbocycles.